The number of hydrogen-bond donors (Lipinski definition) is 2. The number of amides is 2. The van der Waals surface area contributed by atoms with E-state index in [0.717, 1.165) is 11.3 Å². The molecule has 2 aromatic carbocycles. The van der Waals surface area contributed by atoms with E-state index in [-0.39, 0.29) is 11.8 Å². The number of nitrogens with zero attached hydrogens (tertiary/aromatic N) is 2. The standard InChI is InChI=1S/C20H20N4O2/c1-2-22-19(25)16-10-8-15(9-11-16)12-23-20(26)18-13-21-14-24(18)17-6-4-3-5-7-17/h3-11,13-14H,2,12H2,1H3,(H,22,25)(H,23,26). The van der Waals surface area contributed by atoms with Gasteiger partial charge in [-0.15, -0.1) is 0 Å². The van der Waals surface area contributed by atoms with Gasteiger partial charge in [0.1, 0.15) is 5.69 Å². The van der Waals surface area contributed by atoms with Crippen molar-refractivity contribution in [3.8, 4) is 5.69 Å². The lowest BCUT2D eigenvalue weighted by Crippen LogP contribution is -2.25. The average Bonchev–Trinajstić information content (AvgIpc) is 3.17. The van der Waals surface area contributed by atoms with Crippen LogP contribution in [0.4, 0.5) is 0 Å². The summed E-state index contributed by atoms with van der Waals surface area (Å²) in [5.41, 5.74) is 2.86. The number of carbonyl (C=O) groups excluding carboxylic acids is 2. The Labute approximate surface area is 151 Å². The van der Waals surface area contributed by atoms with E-state index in [1.807, 2.05) is 49.4 Å². The molecular formula is C20H20N4O2. The van der Waals surface area contributed by atoms with E-state index >= 15 is 0 Å². The molecule has 3 aromatic rings. The Hall–Kier alpha value is -3.41. The molecule has 0 radical (unpaired) electrons. The molecule has 0 fully saturated rings. The summed E-state index contributed by atoms with van der Waals surface area (Å²) >= 11 is 0. The minimum atomic E-state index is -0.209. The van der Waals surface area contributed by atoms with Crippen molar-refractivity contribution in [3.05, 3.63) is 83.9 Å². The summed E-state index contributed by atoms with van der Waals surface area (Å²) in [7, 11) is 0. The fourth-order valence-electron chi connectivity index (χ4n) is 2.57. The van der Waals surface area contributed by atoms with Crippen LogP contribution in [0.25, 0.3) is 5.69 Å². The van der Waals surface area contributed by atoms with E-state index in [0.29, 0.717) is 24.3 Å². The highest BCUT2D eigenvalue weighted by Crippen LogP contribution is 2.11. The molecule has 0 spiro atoms. The molecule has 0 aliphatic heterocycles. The van der Waals surface area contributed by atoms with Crippen LogP contribution in [0, 0.1) is 0 Å². The molecule has 0 saturated heterocycles. The van der Waals surface area contributed by atoms with E-state index in [1.165, 1.54) is 0 Å². The van der Waals surface area contributed by atoms with E-state index in [2.05, 4.69) is 15.6 Å². The third-order valence-corrected chi connectivity index (χ3v) is 3.91. The Morgan fingerprint density at radius 1 is 0.962 bits per heavy atom. The lowest BCUT2D eigenvalue weighted by molar-refractivity contribution is 0.0939. The first kappa shape index (κ1) is 17.4. The Morgan fingerprint density at radius 3 is 2.38 bits per heavy atom. The molecule has 6 heteroatoms. The first-order chi connectivity index (χ1) is 12.7. The quantitative estimate of drug-likeness (QED) is 0.719. The molecule has 26 heavy (non-hydrogen) atoms. The van der Waals surface area contributed by atoms with E-state index in [4.69, 9.17) is 0 Å². The number of carbonyl (C=O) groups is 2. The van der Waals surface area contributed by atoms with Gasteiger partial charge in [0.25, 0.3) is 11.8 Å². The van der Waals surface area contributed by atoms with Crippen molar-refractivity contribution in [2.45, 2.75) is 13.5 Å². The van der Waals surface area contributed by atoms with Crippen LogP contribution in [0.1, 0.15) is 33.3 Å². The summed E-state index contributed by atoms with van der Waals surface area (Å²) in [5.74, 6) is -0.311. The van der Waals surface area contributed by atoms with Gasteiger partial charge in [-0.3, -0.25) is 14.2 Å². The molecule has 0 saturated carbocycles. The average molecular weight is 348 g/mol. The van der Waals surface area contributed by atoms with Crippen LogP contribution in [0.15, 0.2) is 67.1 Å². The maximum absolute atomic E-state index is 12.5. The molecule has 3 rings (SSSR count). The van der Waals surface area contributed by atoms with Crippen molar-refractivity contribution in [1.29, 1.82) is 0 Å². The Bertz CT molecular complexity index is 886. The first-order valence-electron chi connectivity index (χ1n) is 8.42. The lowest BCUT2D eigenvalue weighted by atomic mass is 10.1. The molecule has 0 unspecified atom stereocenters. The zero-order chi connectivity index (χ0) is 18.4. The molecule has 0 atom stereocenters. The van der Waals surface area contributed by atoms with Crippen LogP contribution in [-0.2, 0) is 6.54 Å². The fourth-order valence-corrected chi connectivity index (χ4v) is 2.57. The second-order valence-corrected chi connectivity index (χ2v) is 5.72. The molecule has 6 nitrogen and oxygen atoms in total. The van der Waals surface area contributed by atoms with E-state index in [1.54, 1.807) is 29.2 Å². The Morgan fingerprint density at radius 2 is 1.69 bits per heavy atom. The maximum atomic E-state index is 12.5. The topological polar surface area (TPSA) is 76.0 Å². The van der Waals surface area contributed by atoms with Gasteiger partial charge in [-0.25, -0.2) is 4.98 Å². The number of nitrogens with one attached hydrogen (secondary N) is 2. The summed E-state index contributed by atoms with van der Waals surface area (Å²) < 4.78 is 1.74. The molecule has 0 aliphatic rings. The summed E-state index contributed by atoms with van der Waals surface area (Å²) in [6.45, 7) is 2.84. The van der Waals surface area contributed by atoms with Gasteiger partial charge in [0.2, 0.25) is 0 Å². The minimum absolute atomic E-state index is 0.102. The number of imidazole rings is 1. The lowest BCUT2D eigenvalue weighted by Gasteiger charge is -2.09. The number of para-hydroxylation sites is 1. The zero-order valence-electron chi connectivity index (χ0n) is 14.5. The van der Waals surface area contributed by atoms with Gasteiger partial charge >= 0.3 is 0 Å². The molecule has 2 amide bonds. The third kappa shape index (κ3) is 3.97. The van der Waals surface area contributed by atoms with E-state index in [9.17, 15) is 9.59 Å². The normalized spacial score (nSPS) is 10.3. The smallest absolute Gasteiger partial charge is 0.270 e. The van der Waals surface area contributed by atoms with Crippen LogP contribution in [0.3, 0.4) is 0 Å². The van der Waals surface area contributed by atoms with Crippen molar-refractivity contribution < 1.29 is 9.59 Å². The fraction of sp³-hybridized carbons (Fsp3) is 0.150. The van der Waals surface area contributed by atoms with Gasteiger partial charge in [-0.05, 0) is 36.8 Å². The second kappa shape index (κ2) is 8.11. The highest BCUT2D eigenvalue weighted by atomic mass is 16.2. The number of benzene rings is 2. The predicted molar refractivity (Wildman–Crippen MR) is 99.2 cm³/mol. The highest BCUT2D eigenvalue weighted by Gasteiger charge is 2.12. The van der Waals surface area contributed by atoms with Crippen LogP contribution < -0.4 is 10.6 Å². The summed E-state index contributed by atoms with van der Waals surface area (Å²) in [6, 6.07) is 16.7. The molecule has 1 aromatic heterocycles. The summed E-state index contributed by atoms with van der Waals surface area (Å²) in [4.78, 5) is 28.3. The van der Waals surface area contributed by atoms with Crippen LogP contribution >= 0.6 is 0 Å². The van der Waals surface area contributed by atoms with Gasteiger partial charge in [0.15, 0.2) is 0 Å². The van der Waals surface area contributed by atoms with Crippen LogP contribution in [0.2, 0.25) is 0 Å². The van der Waals surface area contributed by atoms with Crippen molar-refractivity contribution in [2.24, 2.45) is 0 Å². The van der Waals surface area contributed by atoms with Crippen molar-refractivity contribution in [2.75, 3.05) is 6.54 Å². The third-order valence-electron chi connectivity index (χ3n) is 3.91. The minimum Gasteiger partial charge on any atom is -0.352 e. The zero-order valence-corrected chi connectivity index (χ0v) is 14.5. The Balaban J connectivity index is 1.65. The van der Waals surface area contributed by atoms with Crippen molar-refractivity contribution in [1.82, 2.24) is 20.2 Å². The number of aromatic nitrogens is 2. The maximum Gasteiger partial charge on any atom is 0.270 e. The van der Waals surface area contributed by atoms with Gasteiger partial charge in [0, 0.05) is 24.3 Å². The first-order valence-corrected chi connectivity index (χ1v) is 8.42. The van der Waals surface area contributed by atoms with Crippen LogP contribution in [0.5, 0.6) is 0 Å². The van der Waals surface area contributed by atoms with Gasteiger partial charge in [-0.2, -0.15) is 0 Å². The summed E-state index contributed by atoms with van der Waals surface area (Å²) in [6.07, 6.45) is 3.16. The van der Waals surface area contributed by atoms with Gasteiger partial charge in [-0.1, -0.05) is 30.3 Å². The molecular weight excluding hydrogens is 328 g/mol. The molecule has 2 N–H and O–H groups in total. The van der Waals surface area contributed by atoms with Crippen molar-refractivity contribution in [3.63, 3.8) is 0 Å². The van der Waals surface area contributed by atoms with Crippen molar-refractivity contribution >= 4 is 11.8 Å². The largest absolute Gasteiger partial charge is 0.352 e. The summed E-state index contributed by atoms with van der Waals surface area (Å²) in [5, 5.41) is 5.64. The number of rotatable bonds is 6. The predicted octanol–water partition coefficient (Wildman–Crippen LogP) is 2.55. The molecule has 0 bridgehead atoms. The SMILES string of the molecule is CCNC(=O)c1ccc(CNC(=O)c2cncn2-c2ccccc2)cc1. The number of hydrogen-bond acceptors (Lipinski definition) is 3. The molecule has 0 aliphatic carbocycles. The van der Waals surface area contributed by atoms with Gasteiger partial charge in [0.05, 0.1) is 12.5 Å². The highest BCUT2D eigenvalue weighted by molar-refractivity contribution is 5.94. The Kier molecular flexibility index (Phi) is 5.43. The van der Waals surface area contributed by atoms with Gasteiger partial charge < -0.3 is 10.6 Å². The monoisotopic (exact) mass is 348 g/mol. The van der Waals surface area contributed by atoms with E-state index < -0.39 is 0 Å². The molecule has 1 heterocycles. The molecule has 132 valence electrons. The van der Waals surface area contributed by atoms with Crippen LogP contribution in [-0.4, -0.2) is 27.9 Å². The second-order valence-electron chi connectivity index (χ2n) is 5.72.